The maximum Gasteiger partial charge on any atom is 0.317 e. The van der Waals surface area contributed by atoms with Crippen LogP contribution in [-0.2, 0) is 58.3 Å². The van der Waals surface area contributed by atoms with Gasteiger partial charge in [0.25, 0.3) is 0 Å². The lowest BCUT2D eigenvalue weighted by molar-refractivity contribution is -0.140. The minimum absolute atomic E-state index is 0.118. The van der Waals surface area contributed by atoms with Crippen LogP contribution in [0.25, 0.3) is 0 Å². The Kier molecular flexibility index (Phi) is 19.6. The molecular weight excluding hydrogens is 680 g/mol. The third kappa shape index (κ3) is 17.4. The maximum absolute atomic E-state index is 12.5. The second-order valence-corrected chi connectivity index (χ2v) is 12.4. The molecule has 1 aromatic heterocycles. The summed E-state index contributed by atoms with van der Waals surface area (Å²) < 4.78 is 18.1. The van der Waals surface area contributed by atoms with Gasteiger partial charge in [0.05, 0.1) is 78.4 Å². The summed E-state index contributed by atoms with van der Waals surface area (Å²) in [5.74, 6) is -2.18. The quantitative estimate of drug-likeness (QED) is 0.0989. The molecule has 1 atom stereocenters. The smallest absolute Gasteiger partial charge is 0.317 e. The molecule has 2 aromatic rings. The number of ether oxygens (including phenoxy) is 3. The van der Waals surface area contributed by atoms with E-state index in [1.807, 2.05) is 21.9 Å². The molecule has 1 unspecified atom stereocenters. The Morgan fingerprint density at radius 1 is 0.808 bits per heavy atom. The molecule has 0 bridgehead atoms. The summed E-state index contributed by atoms with van der Waals surface area (Å²) >= 11 is 0. The second-order valence-electron chi connectivity index (χ2n) is 12.4. The van der Waals surface area contributed by atoms with Crippen molar-refractivity contribution in [1.29, 1.82) is 0 Å². The zero-order valence-electron chi connectivity index (χ0n) is 29.8. The number of amides is 1. The Hall–Kier alpha value is -4.17. The topological polar surface area (TPSA) is 209 Å². The number of aryl methyl sites for hydroxylation is 1. The fraction of sp³-hybridized carbons (Fsp3) is 0.618. The average Bonchev–Trinajstić information content (AvgIpc) is 3.52. The number of hydrogen-bond acceptors (Lipinski definition) is 14. The van der Waals surface area contributed by atoms with Gasteiger partial charge in [-0.1, -0.05) is 17.3 Å². The Bertz CT molecular complexity index is 1380. The second kappa shape index (κ2) is 24.1. The number of rotatable bonds is 22. The molecule has 1 aliphatic rings. The molecule has 1 aromatic carbocycles. The molecule has 2 heterocycles. The van der Waals surface area contributed by atoms with E-state index in [2.05, 4.69) is 15.6 Å². The van der Waals surface area contributed by atoms with E-state index in [-0.39, 0.29) is 51.2 Å². The van der Waals surface area contributed by atoms with Crippen molar-refractivity contribution in [3.8, 4) is 0 Å². The molecule has 1 fully saturated rings. The fourth-order valence-electron chi connectivity index (χ4n) is 5.71. The number of hydrogen-bond donors (Lipinski definition) is 3. The van der Waals surface area contributed by atoms with Gasteiger partial charge >= 0.3 is 11.9 Å². The number of carboxylic acid groups (broad SMARTS) is 2. The van der Waals surface area contributed by atoms with Crippen LogP contribution in [0.1, 0.15) is 17.7 Å². The van der Waals surface area contributed by atoms with Crippen molar-refractivity contribution in [1.82, 2.24) is 34.6 Å². The Balaban J connectivity index is 1.50. The molecule has 0 saturated carbocycles. The predicted molar refractivity (Wildman–Crippen MR) is 188 cm³/mol. The predicted octanol–water partition coefficient (Wildman–Crippen LogP) is -0.907. The first-order valence-corrected chi connectivity index (χ1v) is 17.3. The Morgan fingerprint density at radius 3 is 1.96 bits per heavy atom. The molecule has 1 saturated heterocycles. The number of carbonyl (C=O) groups excluding carboxylic acids is 3. The van der Waals surface area contributed by atoms with E-state index in [0.717, 1.165) is 23.8 Å². The number of nitrogens with one attached hydrogen (secondary N) is 1. The lowest BCUT2D eigenvalue weighted by atomic mass is 10.0. The first-order chi connectivity index (χ1) is 25.1. The minimum Gasteiger partial charge on any atom is -0.480 e. The number of aliphatic carboxylic acids is 2. The largest absolute Gasteiger partial charge is 0.480 e. The Labute approximate surface area is 303 Å². The number of carboxylic acids is 2. The molecule has 18 nitrogen and oxygen atoms in total. The number of anilines is 1. The van der Waals surface area contributed by atoms with Crippen molar-refractivity contribution in [2.24, 2.45) is 7.05 Å². The average molecular weight is 733 g/mol. The van der Waals surface area contributed by atoms with Gasteiger partial charge in [-0.05, 0) is 24.1 Å². The van der Waals surface area contributed by atoms with Crippen molar-refractivity contribution in [3.05, 3.63) is 41.7 Å². The highest BCUT2D eigenvalue weighted by molar-refractivity contribution is 5.90. The van der Waals surface area contributed by atoms with E-state index in [9.17, 15) is 34.2 Å². The van der Waals surface area contributed by atoms with Crippen LogP contribution in [0, 0.1) is 0 Å². The van der Waals surface area contributed by atoms with Crippen LogP contribution in [0.15, 0.2) is 30.5 Å². The van der Waals surface area contributed by atoms with Crippen molar-refractivity contribution < 1.29 is 48.4 Å². The molecule has 0 spiro atoms. The molecule has 1 aliphatic heterocycles. The lowest BCUT2D eigenvalue weighted by Gasteiger charge is -2.37. The molecule has 18 heteroatoms. The summed E-state index contributed by atoms with van der Waals surface area (Å²) in [6, 6.07) is 7.17. The van der Waals surface area contributed by atoms with E-state index in [1.165, 1.54) is 0 Å². The molecule has 1 amide bonds. The normalized spacial score (nSPS) is 17.2. The fourth-order valence-corrected chi connectivity index (χ4v) is 5.71. The molecular formula is C34H52N8O10. The summed E-state index contributed by atoms with van der Waals surface area (Å²) in [7, 11) is 1.79. The highest BCUT2D eigenvalue weighted by Crippen LogP contribution is 2.16. The van der Waals surface area contributed by atoms with Gasteiger partial charge in [-0.2, -0.15) is 0 Å². The molecule has 0 aliphatic carbocycles. The van der Waals surface area contributed by atoms with Gasteiger partial charge in [0.15, 0.2) is 0 Å². The molecule has 288 valence electrons. The van der Waals surface area contributed by atoms with Gasteiger partial charge in [0, 0.05) is 64.6 Å². The van der Waals surface area contributed by atoms with Crippen molar-refractivity contribution in [3.63, 3.8) is 0 Å². The van der Waals surface area contributed by atoms with Crippen LogP contribution in [0.2, 0.25) is 0 Å². The van der Waals surface area contributed by atoms with Gasteiger partial charge in [-0.3, -0.25) is 38.7 Å². The third-order valence-electron chi connectivity index (χ3n) is 8.34. The number of carbonyl (C=O) groups is 5. The first kappa shape index (κ1) is 42.2. The lowest BCUT2D eigenvalue weighted by Crippen LogP contribution is -2.52. The highest BCUT2D eigenvalue weighted by atomic mass is 16.5. The van der Waals surface area contributed by atoms with Crippen LogP contribution in [0.5, 0.6) is 0 Å². The van der Waals surface area contributed by atoms with Gasteiger partial charge in [-0.15, -0.1) is 5.10 Å². The SMILES string of the molecule is Cn1cc(COCCOCCOCCC(=O)Nc2ccc(CC3CN(CC=O)CCN(CC(=O)O)CCN(CC(=O)O)CCN3CC=O)cc2)nn1. The van der Waals surface area contributed by atoms with Crippen molar-refractivity contribution in [2.75, 3.05) is 110 Å². The molecule has 3 rings (SSSR count). The van der Waals surface area contributed by atoms with Crippen molar-refractivity contribution >= 4 is 36.1 Å². The van der Waals surface area contributed by atoms with Crippen LogP contribution < -0.4 is 5.32 Å². The van der Waals surface area contributed by atoms with E-state index >= 15 is 0 Å². The molecule has 52 heavy (non-hydrogen) atoms. The molecule has 3 N–H and O–H groups in total. The molecule has 0 radical (unpaired) electrons. The third-order valence-corrected chi connectivity index (χ3v) is 8.34. The number of benzene rings is 1. The van der Waals surface area contributed by atoms with E-state index in [4.69, 9.17) is 14.2 Å². The van der Waals surface area contributed by atoms with Crippen LogP contribution >= 0.6 is 0 Å². The zero-order valence-corrected chi connectivity index (χ0v) is 29.8. The summed E-state index contributed by atoms with van der Waals surface area (Å²) in [4.78, 5) is 66.4. The summed E-state index contributed by atoms with van der Waals surface area (Å²) in [6.45, 7) is 4.62. The summed E-state index contributed by atoms with van der Waals surface area (Å²) in [6.07, 6.45) is 4.08. The standard InChI is InChI=1S/C34H52N8O10/c1-38-23-30(36-37-38)27-52-21-20-51-19-18-50-17-6-32(45)35-29-4-2-28(3-5-29)22-31-24-41(13-15-43)10-9-39(25-33(46)47)7-8-40(26-34(48)49)11-12-42(31)14-16-44/h2-5,15-16,23,31H,6-14,17-22,24-27H2,1H3,(H,35,45)(H,46,47)(H,48,49). The van der Waals surface area contributed by atoms with Crippen LogP contribution in [0.4, 0.5) is 5.69 Å². The highest BCUT2D eigenvalue weighted by Gasteiger charge is 2.25. The van der Waals surface area contributed by atoms with E-state index in [0.29, 0.717) is 91.0 Å². The number of nitrogens with zero attached hydrogens (tertiary/aromatic N) is 7. The minimum atomic E-state index is -0.995. The van der Waals surface area contributed by atoms with E-state index in [1.54, 1.807) is 39.9 Å². The van der Waals surface area contributed by atoms with Gasteiger partial charge < -0.3 is 39.3 Å². The van der Waals surface area contributed by atoms with Gasteiger partial charge in [-0.25, -0.2) is 0 Å². The zero-order chi connectivity index (χ0) is 37.6. The van der Waals surface area contributed by atoms with Gasteiger partial charge in [0.1, 0.15) is 18.3 Å². The maximum atomic E-state index is 12.5. The first-order valence-electron chi connectivity index (χ1n) is 17.3. The van der Waals surface area contributed by atoms with Crippen LogP contribution in [0.3, 0.4) is 0 Å². The van der Waals surface area contributed by atoms with Crippen LogP contribution in [-0.4, -0.2) is 186 Å². The number of aldehydes is 2. The monoisotopic (exact) mass is 732 g/mol. The number of aromatic nitrogens is 3. The summed E-state index contributed by atoms with van der Waals surface area (Å²) in [5, 5.41) is 29.6. The Morgan fingerprint density at radius 2 is 1.38 bits per heavy atom. The van der Waals surface area contributed by atoms with E-state index < -0.39 is 11.9 Å². The van der Waals surface area contributed by atoms with Crippen molar-refractivity contribution in [2.45, 2.75) is 25.5 Å². The summed E-state index contributed by atoms with van der Waals surface area (Å²) in [5.41, 5.74) is 2.30. The van der Waals surface area contributed by atoms with Gasteiger partial charge in [0.2, 0.25) is 5.91 Å².